The SMILES string of the molecule is CC(=O)Nc1ccc(S(=O)(=O)N2CC3CC(C2)c2ccc(NC(=O)Cc4ccccc4)c(=O)n2C3)cc1. The lowest BCUT2D eigenvalue weighted by atomic mass is 9.84. The average Bonchev–Trinajstić information content (AvgIpc) is 2.86. The predicted molar refractivity (Wildman–Crippen MR) is 140 cm³/mol. The van der Waals surface area contributed by atoms with Gasteiger partial charge in [-0.25, -0.2) is 8.42 Å². The minimum Gasteiger partial charge on any atom is -0.326 e. The molecule has 37 heavy (non-hydrogen) atoms. The molecule has 2 aliphatic heterocycles. The number of nitrogens with zero attached hydrogens (tertiary/aromatic N) is 2. The molecule has 2 amide bonds. The Morgan fingerprint density at radius 3 is 2.35 bits per heavy atom. The van der Waals surface area contributed by atoms with Crippen LogP contribution >= 0.6 is 0 Å². The zero-order chi connectivity index (χ0) is 26.2. The van der Waals surface area contributed by atoms with Gasteiger partial charge in [0.15, 0.2) is 0 Å². The number of pyridine rings is 1. The van der Waals surface area contributed by atoms with Crippen LogP contribution < -0.4 is 16.2 Å². The first-order valence-electron chi connectivity index (χ1n) is 12.2. The molecule has 5 rings (SSSR count). The van der Waals surface area contributed by atoms with Gasteiger partial charge >= 0.3 is 0 Å². The Balaban J connectivity index is 1.33. The summed E-state index contributed by atoms with van der Waals surface area (Å²) in [5.74, 6) is -0.635. The summed E-state index contributed by atoms with van der Waals surface area (Å²) < 4.78 is 29.9. The van der Waals surface area contributed by atoms with Gasteiger partial charge in [0.25, 0.3) is 5.56 Å². The molecular formula is C27H28N4O5S. The number of fused-ring (bicyclic) bond motifs is 4. The number of carbonyl (C=O) groups is 2. The normalized spacial score (nSPS) is 19.1. The van der Waals surface area contributed by atoms with E-state index in [1.54, 1.807) is 22.8 Å². The minimum atomic E-state index is -3.74. The van der Waals surface area contributed by atoms with E-state index in [9.17, 15) is 22.8 Å². The third-order valence-electron chi connectivity index (χ3n) is 6.86. The lowest BCUT2D eigenvalue weighted by molar-refractivity contribution is -0.116. The van der Waals surface area contributed by atoms with Crippen LogP contribution in [0.3, 0.4) is 0 Å². The number of nitrogens with one attached hydrogen (secondary N) is 2. The molecular weight excluding hydrogens is 492 g/mol. The smallest absolute Gasteiger partial charge is 0.274 e. The Bertz CT molecular complexity index is 1500. The molecule has 0 saturated carbocycles. The number of hydrogen-bond acceptors (Lipinski definition) is 5. The van der Waals surface area contributed by atoms with Gasteiger partial charge in [-0.1, -0.05) is 30.3 Å². The fraction of sp³-hybridized carbons (Fsp3) is 0.296. The molecule has 9 nitrogen and oxygen atoms in total. The molecule has 0 aliphatic carbocycles. The third kappa shape index (κ3) is 5.21. The number of hydrogen-bond donors (Lipinski definition) is 2. The van der Waals surface area contributed by atoms with Gasteiger partial charge < -0.3 is 15.2 Å². The number of carbonyl (C=O) groups excluding carboxylic acids is 2. The molecule has 0 spiro atoms. The second-order valence-electron chi connectivity index (χ2n) is 9.62. The van der Waals surface area contributed by atoms with Crippen LogP contribution in [0.4, 0.5) is 11.4 Å². The van der Waals surface area contributed by atoms with Gasteiger partial charge in [-0.05, 0) is 54.3 Å². The molecule has 2 aromatic carbocycles. The second kappa shape index (κ2) is 9.95. The maximum atomic E-state index is 13.4. The second-order valence-corrected chi connectivity index (χ2v) is 11.6. The molecule has 2 atom stereocenters. The zero-order valence-electron chi connectivity index (χ0n) is 20.4. The van der Waals surface area contributed by atoms with Crippen molar-refractivity contribution < 1.29 is 18.0 Å². The van der Waals surface area contributed by atoms with Crippen LogP contribution in [0, 0.1) is 5.92 Å². The van der Waals surface area contributed by atoms with Gasteiger partial charge in [-0.3, -0.25) is 14.4 Å². The number of sulfonamides is 1. The van der Waals surface area contributed by atoms with Crippen molar-refractivity contribution in [1.82, 2.24) is 8.87 Å². The van der Waals surface area contributed by atoms with E-state index in [0.29, 0.717) is 18.8 Å². The van der Waals surface area contributed by atoms with Gasteiger partial charge in [0.1, 0.15) is 5.69 Å². The van der Waals surface area contributed by atoms with E-state index in [1.807, 2.05) is 36.4 Å². The number of benzene rings is 2. The third-order valence-corrected chi connectivity index (χ3v) is 8.71. The first-order valence-corrected chi connectivity index (χ1v) is 13.6. The fourth-order valence-electron chi connectivity index (χ4n) is 5.23. The Morgan fingerprint density at radius 1 is 0.919 bits per heavy atom. The Morgan fingerprint density at radius 2 is 1.65 bits per heavy atom. The van der Waals surface area contributed by atoms with Crippen LogP contribution in [0.2, 0.25) is 0 Å². The van der Waals surface area contributed by atoms with E-state index in [2.05, 4.69) is 10.6 Å². The topological polar surface area (TPSA) is 118 Å². The van der Waals surface area contributed by atoms with Crippen LogP contribution in [0.5, 0.6) is 0 Å². The molecule has 0 radical (unpaired) electrons. The number of aromatic nitrogens is 1. The van der Waals surface area contributed by atoms with Crippen molar-refractivity contribution >= 4 is 33.2 Å². The summed E-state index contributed by atoms with van der Waals surface area (Å²) in [4.78, 5) is 37.1. The van der Waals surface area contributed by atoms with E-state index in [4.69, 9.17) is 0 Å². The molecule has 3 heterocycles. The monoisotopic (exact) mass is 520 g/mol. The van der Waals surface area contributed by atoms with Crippen LogP contribution in [-0.4, -0.2) is 42.2 Å². The highest BCUT2D eigenvalue weighted by atomic mass is 32.2. The van der Waals surface area contributed by atoms with Crippen molar-refractivity contribution in [3.8, 4) is 0 Å². The first kappa shape index (κ1) is 24.9. The lowest BCUT2D eigenvalue weighted by Gasteiger charge is -2.42. The van der Waals surface area contributed by atoms with Crippen molar-refractivity contribution in [3.05, 3.63) is 88.3 Å². The summed E-state index contributed by atoms with van der Waals surface area (Å²) in [7, 11) is -3.74. The molecule has 1 aromatic heterocycles. The highest BCUT2D eigenvalue weighted by molar-refractivity contribution is 7.89. The Labute approximate surface area is 215 Å². The molecule has 192 valence electrons. The van der Waals surface area contributed by atoms with E-state index in [-0.39, 0.29) is 52.8 Å². The van der Waals surface area contributed by atoms with Crippen LogP contribution in [0.1, 0.15) is 30.5 Å². The van der Waals surface area contributed by atoms with Crippen molar-refractivity contribution in [3.63, 3.8) is 0 Å². The van der Waals surface area contributed by atoms with Crippen LogP contribution in [0.25, 0.3) is 0 Å². The summed E-state index contributed by atoms with van der Waals surface area (Å²) in [6, 6.07) is 18.9. The first-order chi connectivity index (χ1) is 17.7. The van der Waals surface area contributed by atoms with Gasteiger partial charge in [0, 0.05) is 43.9 Å². The molecule has 2 bridgehead atoms. The molecule has 2 unspecified atom stereocenters. The average molecular weight is 521 g/mol. The molecule has 10 heteroatoms. The molecule has 2 aliphatic rings. The summed E-state index contributed by atoms with van der Waals surface area (Å²) in [5, 5.41) is 5.37. The summed E-state index contributed by atoms with van der Waals surface area (Å²) in [5.41, 5.74) is 2.13. The number of piperidine rings is 1. The van der Waals surface area contributed by atoms with E-state index >= 15 is 0 Å². The maximum Gasteiger partial charge on any atom is 0.274 e. The number of rotatable bonds is 6. The van der Waals surface area contributed by atoms with Gasteiger partial charge in [-0.2, -0.15) is 4.31 Å². The van der Waals surface area contributed by atoms with Crippen LogP contribution in [-0.2, 0) is 32.6 Å². The summed E-state index contributed by atoms with van der Waals surface area (Å²) in [6.45, 7) is 2.36. The zero-order valence-corrected chi connectivity index (χ0v) is 21.2. The van der Waals surface area contributed by atoms with Crippen molar-refractivity contribution in [2.24, 2.45) is 5.92 Å². The fourth-order valence-corrected chi connectivity index (χ4v) is 6.79. The summed E-state index contributed by atoms with van der Waals surface area (Å²) in [6.07, 6.45) is 0.971. The van der Waals surface area contributed by atoms with E-state index < -0.39 is 10.0 Å². The minimum absolute atomic E-state index is 0.0207. The van der Waals surface area contributed by atoms with Crippen molar-refractivity contribution in [2.75, 3.05) is 23.7 Å². The number of amides is 2. The molecule has 3 aromatic rings. The highest BCUT2D eigenvalue weighted by Crippen LogP contribution is 2.37. The van der Waals surface area contributed by atoms with E-state index in [1.165, 1.54) is 23.4 Å². The van der Waals surface area contributed by atoms with Crippen molar-refractivity contribution in [2.45, 2.75) is 37.1 Å². The Hall–Kier alpha value is -3.76. The van der Waals surface area contributed by atoms with Crippen LogP contribution in [0.15, 0.2) is 76.4 Å². The Kier molecular flexibility index (Phi) is 6.70. The van der Waals surface area contributed by atoms with Gasteiger partial charge in [0.05, 0.1) is 11.3 Å². The molecule has 1 saturated heterocycles. The summed E-state index contributed by atoms with van der Waals surface area (Å²) >= 11 is 0. The molecule has 2 N–H and O–H groups in total. The van der Waals surface area contributed by atoms with E-state index in [0.717, 1.165) is 17.7 Å². The lowest BCUT2D eigenvalue weighted by Crippen LogP contribution is -2.49. The standard InChI is InChI=1S/C27H28N4O5S/c1-18(32)28-22-7-9-23(10-8-22)37(35,36)30-15-20-13-21(17-30)25-12-11-24(27(34)31(25)16-20)29-26(33)14-19-5-3-2-4-6-19/h2-12,20-21H,13-17H2,1H3,(H,28,32)(H,29,33). The quantitative estimate of drug-likeness (QED) is 0.518. The highest BCUT2D eigenvalue weighted by Gasteiger charge is 2.39. The molecule has 1 fully saturated rings. The maximum absolute atomic E-state index is 13.4. The van der Waals surface area contributed by atoms with Crippen molar-refractivity contribution in [1.29, 1.82) is 0 Å². The van der Waals surface area contributed by atoms with Gasteiger partial charge in [-0.15, -0.1) is 0 Å². The van der Waals surface area contributed by atoms with Gasteiger partial charge in [0.2, 0.25) is 21.8 Å². The number of anilines is 2. The predicted octanol–water partition coefficient (Wildman–Crippen LogP) is 2.80. The largest absolute Gasteiger partial charge is 0.326 e.